The van der Waals surface area contributed by atoms with Crippen LogP contribution in [0.4, 0.5) is 11.4 Å². The molecule has 0 atom stereocenters. The average Bonchev–Trinajstić information content (AvgIpc) is 2.64. The van der Waals surface area contributed by atoms with Crippen molar-refractivity contribution in [3.05, 3.63) is 65.9 Å². The highest BCUT2D eigenvalue weighted by atomic mass is 16.2. The molecule has 1 heterocycles. The van der Waals surface area contributed by atoms with Crippen LogP contribution in [0.2, 0.25) is 0 Å². The maximum atomic E-state index is 12.4. The molecule has 1 aromatic heterocycles. The van der Waals surface area contributed by atoms with E-state index in [1.165, 1.54) is 12.3 Å². The van der Waals surface area contributed by atoms with E-state index in [0.717, 1.165) is 0 Å². The van der Waals surface area contributed by atoms with Crippen LogP contribution in [-0.4, -0.2) is 27.0 Å². The molecular formula is C17H13N5O2. The van der Waals surface area contributed by atoms with Gasteiger partial charge in [0.15, 0.2) is 0 Å². The van der Waals surface area contributed by atoms with Crippen molar-refractivity contribution in [2.24, 2.45) is 0 Å². The number of benzene rings is 2. The molecule has 7 nitrogen and oxygen atoms in total. The first-order chi connectivity index (χ1) is 11.6. The Hall–Kier alpha value is -3.61. The first-order valence-electron chi connectivity index (χ1n) is 7.06. The van der Waals surface area contributed by atoms with Crippen LogP contribution in [0.25, 0.3) is 11.3 Å². The third-order valence-electron chi connectivity index (χ3n) is 3.55. The molecule has 118 valence electrons. The molecule has 0 aliphatic carbocycles. The summed E-state index contributed by atoms with van der Waals surface area (Å²) in [6.45, 7) is 0. The molecule has 0 saturated heterocycles. The molecule has 3 aromatic rings. The lowest BCUT2D eigenvalue weighted by Crippen LogP contribution is -2.17. The van der Waals surface area contributed by atoms with Crippen LogP contribution in [0.1, 0.15) is 20.7 Å². The number of rotatable bonds is 4. The van der Waals surface area contributed by atoms with Gasteiger partial charge in [-0.25, -0.2) is 0 Å². The lowest BCUT2D eigenvalue weighted by molar-refractivity contribution is 0.0817. The summed E-state index contributed by atoms with van der Waals surface area (Å²) >= 11 is 0. The van der Waals surface area contributed by atoms with Gasteiger partial charge in [-0.3, -0.25) is 9.59 Å². The Morgan fingerprint density at radius 1 is 0.833 bits per heavy atom. The Bertz CT molecular complexity index is 911. The van der Waals surface area contributed by atoms with Crippen LogP contribution in [-0.2, 0) is 0 Å². The van der Waals surface area contributed by atoms with Crippen molar-refractivity contribution in [3.63, 3.8) is 0 Å². The zero-order chi connectivity index (χ0) is 17.1. The first kappa shape index (κ1) is 15.3. The number of hydrogen-bond donors (Lipinski definition) is 2. The van der Waals surface area contributed by atoms with E-state index < -0.39 is 11.6 Å². The van der Waals surface area contributed by atoms with Gasteiger partial charge < -0.3 is 11.5 Å². The average molecular weight is 319 g/mol. The van der Waals surface area contributed by atoms with Crippen molar-refractivity contribution in [2.45, 2.75) is 0 Å². The molecule has 0 amide bonds. The number of carbonyl (C=O) groups is 2. The van der Waals surface area contributed by atoms with E-state index in [4.69, 9.17) is 11.5 Å². The topological polar surface area (TPSA) is 125 Å². The van der Waals surface area contributed by atoms with E-state index >= 15 is 0 Å². The fourth-order valence-corrected chi connectivity index (χ4v) is 2.29. The first-order valence-corrected chi connectivity index (χ1v) is 7.06. The molecule has 0 saturated carbocycles. The number of ketones is 2. The monoisotopic (exact) mass is 319 g/mol. The van der Waals surface area contributed by atoms with E-state index in [1.807, 2.05) is 0 Å². The number of carbonyl (C=O) groups excluding carboxylic acids is 2. The molecule has 0 bridgehead atoms. The summed E-state index contributed by atoms with van der Waals surface area (Å²) in [5.74, 6) is -1.35. The maximum absolute atomic E-state index is 12.4. The normalized spacial score (nSPS) is 10.3. The largest absolute Gasteiger partial charge is 0.396 e. The van der Waals surface area contributed by atoms with Gasteiger partial charge in [0.1, 0.15) is 0 Å². The smallest absolute Gasteiger partial charge is 0.235 e. The summed E-state index contributed by atoms with van der Waals surface area (Å²) in [5.41, 5.74) is 13.6. The molecule has 2 aromatic carbocycles. The molecular weight excluding hydrogens is 306 g/mol. The number of nitrogens with two attached hydrogens (primary N) is 2. The fourth-order valence-electron chi connectivity index (χ4n) is 2.29. The van der Waals surface area contributed by atoms with E-state index in [1.54, 1.807) is 42.5 Å². The Labute approximate surface area is 137 Å². The van der Waals surface area contributed by atoms with Gasteiger partial charge in [0.05, 0.1) is 28.8 Å². The summed E-state index contributed by atoms with van der Waals surface area (Å²) in [4.78, 5) is 24.7. The predicted molar refractivity (Wildman–Crippen MR) is 89.2 cm³/mol. The highest BCUT2D eigenvalue weighted by molar-refractivity contribution is 6.50. The minimum Gasteiger partial charge on any atom is -0.396 e. The van der Waals surface area contributed by atoms with Crippen molar-refractivity contribution < 1.29 is 9.59 Å². The Kier molecular flexibility index (Phi) is 3.98. The third kappa shape index (κ3) is 2.70. The fraction of sp³-hybridized carbons (Fsp3) is 0. The van der Waals surface area contributed by atoms with Crippen molar-refractivity contribution in [3.8, 4) is 11.3 Å². The molecule has 0 fully saturated rings. The second kappa shape index (κ2) is 6.25. The molecule has 0 unspecified atom stereocenters. The van der Waals surface area contributed by atoms with Crippen molar-refractivity contribution in [2.75, 3.05) is 11.5 Å². The van der Waals surface area contributed by atoms with Crippen LogP contribution in [0, 0.1) is 0 Å². The SMILES string of the molecule is Nc1c(C(=O)C(=O)c2ccccc2)ccc(-c2ccnnn2)c1N. The molecule has 4 N–H and O–H groups in total. The quantitative estimate of drug-likeness (QED) is 0.426. The number of nitrogen functional groups attached to an aromatic ring is 2. The number of hydrogen-bond acceptors (Lipinski definition) is 7. The zero-order valence-corrected chi connectivity index (χ0v) is 12.5. The van der Waals surface area contributed by atoms with Crippen LogP contribution >= 0.6 is 0 Å². The second-order valence-electron chi connectivity index (χ2n) is 5.02. The lowest BCUT2D eigenvalue weighted by atomic mass is 9.97. The number of nitrogens with zero attached hydrogens (tertiary/aromatic N) is 3. The van der Waals surface area contributed by atoms with E-state index in [9.17, 15) is 9.59 Å². The summed E-state index contributed by atoms with van der Waals surface area (Å²) in [6.07, 6.45) is 1.47. The van der Waals surface area contributed by atoms with Gasteiger partial charge >= 0.3 is 0 Å². The summed E-state index contributed by atoms with van der Waals surface area (Å²) in [7, 11) is 0. The number of Topliss-reactive ketones (excluding diaryl/α,β-unsaturated/α-hetero) is 2. The Morgan fingerprint density at radius 2 is 1.58 bits per heavy atom. The highest BCUT2D eigenvalue weighted by Crippen LogP contribution is 2.31. The number of anilines is 2. The van der Waals surface area contributed by atoms with Gasteiger partial charge in [-0.2, -0.15) is 0 Å². The molecule has 0 aliphatic rings. The van der Waals surface area contributed by atoms with Crippen LogP contribution in [0.15, 0.2) is 54.7 Å². The minimum absolute atomic E-state index is 0.0420. The molecule has 0 aliphatic heterocycles. The summed E-state index contributed by atoms with van der Waals surface area (Å²) < 4.78 is 0. The van der Waals surface area contributed by atoms with Crippen LogP contribution < -0.4 is 11.5 Å². The third-order valence-corrected chi connectivity index (χ3v) is 3.55. The van der Waals surface area contributed by atoms with Gasteiger partial charge in [0, 0.05) is 11.1 Å². The Morgan fingerprint density at radius 3 is 2.25 bits per heavy atom. The molecule has 24 heavy (non-hydrogen) atoms. The predicted octanol–water partition coefficient (Wildman–Crippen LogP) is 1.77. The van der Waals surface area contributed by atoms with E-state index in [-0.39, 0.29) is 16.9 Å². The zero-order valence-electron chi connectivity index (χ0n) is 12.5. The highest BCUT2D eigenvalue weighted by Gasteiger charge is 2.22. The van der Waals surface area contributed by atoms with Gasteiger partial charge in [0.25, 0.3) is 0 Å². The minimum atomic E-state index is -0.710. The van der Waals surface area contributed by atoms with Crippen LogP contribution in [0.5, 0.6) is 0 Å². The molecule has 0 radical (unpaired) electrons. The van der Waals surface area contributed by atoms with Gasteiger partial charge in [-0.1, -0.05) is 30.3 Å². The van der Waals surface area contributed by atoms with Crippen molar-refractivity contribution in [1.82, 2.24) is 15.4 Å². The molecule has 7 heteroatoms. The second-order valence-corrected chi connectivity index (χ2v) is 5.02. The van der Waals surface area contributed by atoms with Crippen molar-refractivity contribution >= 4 is 22.9 Å². The summed E-state index contributed by atoms with van der Waals surface area (Å²) in [6, 6.07) is 12.9. The maximum Gasteiger partial charge on any atom is 0.235 e. The van der Waals surface area contributed by atoms with E-state index in [2.05, 4.69) is 15.4 Å². The number of aromatic nitrogens is 3. The molecule has 0 spiro atoms. The standard InChI is InChI=1S/C17H13N5O2/c18-14-11(13-8-9-20-22-21-13)6-7-12(15(14)19)17(24)16(23)10-4-2-1-3-5-10/h1-9H,18-19H2. The Balaban J connectivity index is 2.00. The van der Waals surface area contributed by atoms with Gasteiger partial charge in [0.2, 0.25) is 11.6 Å². The lowest BCUT2D eigenvalue weighted by Gasteiger charge is -2.11. The van der Waals surface area contributed by atoms with Gasteiger partial charge in [-0.05, 0) is 23.4 Å². The summed E-state index contributed by atoms with van der Waals surface area (Å²) in [5, 5.41) is 11.0. The van der Waals surface area contributed by atoms with Crippen molar-refractivity contribution in [1.29, 1.82) is 0 Å². The van der Waals surface area contributed by atoms with Gasteiger partial charge in [-0.15, -0.1) is 10.2 Å². The molecule has 3 rings (SSSR count). The van der Waals surface area contributed by atoms with E-state index in [0.29, 0.717) is 16.8 Å². The van der Waals surface area contributed by atoms with Crippen LogP contribution in [0.3, 0.4) is 0 Å².